The predicted octanol–water partition coefficient (Wildman–Crippen LogP) is 2.67. The molecule has 0 radical (unpaired) electrons. The lowest BCUT2D eigenvalue weighted by atomic mass is 10.1. The van der Waals surface area contributed by atoms with Crippen molar-refractivity contribution in [2.24, 2.45) is 4.99 Å². The number of hydrogen-bond donors (Lipinski definition) is 2. The average molecular weight is 373 g/mol. The van der Waals surface area contributed by atoms with Gasteiger partial charge in [0.15, 0.2) is 5.96 Å². The van der Waals surface area contributed by atoms with Gasteiger partial charge in [-0.15, -0.1) is 0 Å². The van der Waals surface area contributed by atoms with Gasteiger partial charge in [-0.1, -0.05) is 24.3 Å². The molecule has 1 aliphatic carbocycles. The number of aromatic nitrogens is 3. The van der Waals surface area contributed by atoms with Crippen LogP contribution in [0, 0.1) is 0 Å². The second-order valence-corrected chi connectivity index (χ2v) is 7.76. The van der Waals surface area contributed by atoms with Crippen molar-refractivity contribution in [2.75, 3.05) is 12.8 Å². The molecule has 6 nitrogen and oxygen atoms in total. The number of hydrogen-bond acceptors (Lipinski definition) is 4. The minimum atomic E-state index is 0.531. The number of nitrogens with one attached hydrogen (secondary N) is 2. The Morgan fingerprint density at radius 2 is 2.23 bits per heavy atom. The van der Waals surface area contributed by atoms with E-state index in [0.717, 1.165) is 24.3 Å². The Bertz CT molecular complexity index is 700. The molecule has 1 saturated carbocycles. The van der Waals surface area contributed by atoms with Crippen LogP contribution < -0.4 is 10.6 Å². The van der Waals surface area contributed by atoms with Crippen molar-refractivity contribution in [1.29, 1.82) is 0 Å². The molecule has 140 valence electrons. The zero-order valence-corrected chi connectivity index (χ0v) is 16.4. The van der Waals surface area contributed by atoms with Crippen LogP contribution >= 0.6 is 11.8 Å². The third-order valence-electron chi connectivity index (χ3n) is 4.63. The zero-order chi connectivity index (χ0) is 18.2. The van der Waals surface area contributed by atoms with Gasteiger partial charge in [0, 0.05) is 17.8 Å². The third-order valence-corrected chi connectivity index (χ3v) is 5.72. The van der Waals surface area contributed by atoms with Gasteiger partial charge in [0.25, 0.3) is 0 Å². The summed E-state index contributed by atoms with van der Waals surface area (Å²) in [6.45, 7) is 4.37. The number of guanidine groups is 1. The normalized spacial score (nSPS) is 20.3. The topological polar surface area (TPSA) is 67.1 Å². The van der Waals surface area contributed by atoms with Gasteiger partial charge in [-0.25, -0.2) is 14.7 Å². The van der Waals surface area contributed by atoms with E-state index in [1.807, 2.05) is 16.4 Å². The largest absolute Gasteiger partial charge is 0.357 e. The van der Waals surface area contributed by atoms with E-state index in [9.17, 15) is 0 Å². The SMILES string of the molecule is CCNC(=NCc1cccc(Cn2cncn2)c1)NC1CCC(SC)C1. The van der Waals surface area contributed by atoms with Crippen LogP contribution in [0.4, 0.5) is 0 Å². The standard InChI is InChI=1S/C19H28N6S/c1-3-21-19(24-17-7-8-18(10-17)26-2)22-11-15-5-4-6-16(9-15)12-25-14-20-13-23-25/h4-6,9,13-14,17-18H,3,7-8,10-12H2,1-2H3,(H2,21,22,24). The van der Waals surface area contributed by atoms with E-state index in [1.165, 1.54) is 30.4 Å². The first-order valence-electron chi connectivity index (χ1n) is 9.24. The number of benzene rings is 1. The van der Waals surface area contributed by atoms with Gasteiger partial charge in [-0.05, 0) is 43.6 Å². The predicted molar refractivity (Wildman–Crippen MR) is 108 cm³/mol. The molecule has 1 aromatic heterocycles. The molecule has 1 aromatic carbocycles. The Kier molecular flexibility index (Phi) is 6.94. The molecule has 26 heavy (non-hydrogen) atoms. The van der Waals surface area contributed by atoms with E-state index in [4.69, 9.17) is 4.99 Å². The summed E-state index contributed by atoms with van der Waals surface area (Å²) in [5.41, 5.74) is 2.41. The summed E-state index contributed by atoms with van der Waals surface area (Å²) in [5, 5.41) is 11.9. The Morgan fingerprint density at radius 3 is 2.96 bits per heavy atom. The van der Waals surface area contributed by atoms with Crippen LogP contribution in [0.2, 0.25) is 0 Å². The number of rotatable bonds is 7. The summed E-state index contributed by atoms with van der Waals surface area (Å²) >= 11 is 1.98. The molecular formula is C19H28N6S. The van der Waals surface area contributed by atoms with Gasteiger partial charge in [0.2, 0.25) is 0 Å². The van der Waals surface area contributed by atoms with Crippen LogP contribution in [0.15, 0.2) is 41.9 Å². The van der Waals surface area contributed by atoms with E-state index in [2.05, 4.69) is 58.2 Å². The van der Waals surface area contributed by atoms with Crippen LogP contribution in [-0.4, -0.2) is 44.8 Å². The van der Waals surface area contributed by atoms with Crippen molar-refractivity contribution < 1.29 is 0 Å². The van der Waals surface area contributed by atoms with E-state index >= 15 is 0 Å². The third kappa shape index (κ3) is 5.49. The van der Waals surface area contributed by atoms with Gasteiger partial charge in [0.1, 0.15) is 12.7 Å². The number of aliphatic imine (C=N–C) groups is 1. The first-order valence-corrected chi connectivity index (χ1v) is 10.5. The fourth-order valence-electron chi connectivity index (χ4n) is 3.30. The highest BCUT2D eigenvalue weighted by Crippen LogP contribution is 2.28. The summed E-state index contributed by atoms with van der Waals surface area (Å²) < 4.78 is 1.83. The molecule has 1 fully saturated rings. The molecule has 0 aliphatic heterocycles. The minimum absolute atomic E-state index is 0.531. The molecule has 0 bridgehead atoms. The van der Waals surface area contributed by atoms with Crippen LogP contribution in [0.3, 0.4) is 0 Å². The zero-order valence-electron chi connectivity index (χ0n) is 15.6. The average Bonchev–Trinajstić information content (AvgIpc) is 3.32. The lowest BCUT2D eigenvalue weighted by molar-refractivity contribution is 0.615. The monoisotopic (exact) mass is 372 g/mol. The van der Waals surface area contributed by atoms with Gasteiger partial charge >= 0.3 is 0 Å². The van der Waals surface area contributed by atoms with E-state index < -0.39 is 0 Å². The Labute approximate surface area is 159 Å². The van der Waals surface area contributed by atoms with Gasteiger partial charge in [-0.3, -0.25) is 0 Å². The molecule has 1 aliphatic rings. The molecule has 1 heterocycles. The highest BCUT2D eigenvalue weighted by atomic mass is 32.2. The van der Waals surface area contributed by atoms with Crippen LogP contribution in [0.25, 0.3) is 0 Å². The first-order chi connectivity index (χ1) is 12.8. The molecule has 0 spiro atoms. The van der Waals surface area contributed by atoms with Crippen LogP contribution in [0.5, 0.6) is 0 Å². The summed E-state index contributed by atoms with van der Waals surface area (Å²) in [5.74, 6) is 0.918. The lowest BCUT2D eigenvalue weighted by Gasteiger charge is -2.17. The number of thioether (sulfide) groups is 1. The van der Waals surface area contributed by atoms with Crippen molar-refractivity contribution in [3.05, 3.63) is 48.0 Å². The van der Waals surface area contributed by atoms with Crippen molar-refractivity contribution >= 4 is 17.7 Å². The van der Waals surface area contributed by atoms with Crippen LogP contribution in [0.1, 0.15) is 37.3 Å². The van der Waals surface area contributed by atoms with E-state index in [1.54, 1.807) is 12.7 Å². The maximum Gasteiger partial charge on any atom is 0.191 e. The molecule has 0 amide bonds. The van der Waals surface area contributed by atoms with Crippen molar-refractivity contribution in [3.63, 3.8) is 0 Å². The first kappa shape index (κ1) is 18.8. The Balaban J connectivity index is 1.60. The van der Waals surface area contributed by atoms with Crippen LogP contribution in [-0.2, 0) is 13.1 Å². The highest BCUT2D eigenvalue weighted by Gasteiger charge is 2.24. The summed E-state index contributed by atoms with van der Waals surface area (Å²) in [6.07, 6.45) is 9.25. The second kappa shape index (κ2) is 9.62. The maximum atomic E-state index is 4.79. The molecule has 3 rings (SSSR count). The van der Waals surface area contributed by atoms with Gasteiger partial charge in [-0.2, -0.15) is 16.9 Å². The summed E-state index contributed by atoms with van der Waals surface area (Å²) in [4.78, 5) is 8.78. The number of nitrogens with zero attached hydrogens (tertiary/aromatic N) is 4. The smallest absolute Gasteiger partial charge is 0.191 e. The quantitative estimate of drug-likeness (QED) is 0.578. The lowest BCUT2D eigenvalue weighted by Crippen LogP contribution is -2.42. The minimum Gasteiger partial charge on any atom is -0.357 e. The molecule has 7 heteroatoms. The van der Waals surface area contributed by atoms with Crippen molar-refractivity contribution in [2.45, 2.75) is 50.6 Å². The van der Waals surface area contributed by atoms with E-state index in [0.29, 0.717) is 12.6 Å². The summed E-state index contributed by atoms with van der Waals surface area (Å²) in [7, 11) is 0. The van der Waals surface area contributed by atoms with E-state index in [-0.39, 0.29) is 0 Å². The fraction of sp³-hybridized carbons (Fsp3) is 0.526. The maximum absolute atomic E-state index is 4.79. The summed E-state index contributed by atoms with van der Waals surface area (Å²) in [6, 6.07) is 9.03. The van der Waals surface area contributed by atoms with Gasteiger partial charge in [0.05, 0.1) is 13.1 Å². The second-order valence-electron chi connectivity index (χ2n) is 6.62. The highest BCUT2D eigenvalue weighted by molar-refractivity contribution is 7.99. The van der Waals surface area contributed by atoms with Crippen molar-refractivity contribution in [1.82, 2.24) is 25.4 Å². The van der Waals surface area contributed by atoms with Gasteiger partial charge < -0.3 is 10.6 Å². The molecular weight excluding hydrogens is 344 g/mol. The molecule has 2 N–H and O–H groups in total. The molecule has 2 atom stereocenters. The Hall–Kier alpha value is -2.02. The molecule has 2 unspecified atom stereocenters. The molecule has 2 aromatic rings. The molecule has 0 saturated heterocycles. The van der Waals surface area contributed by atoms with Crippen molar-refractivity contribution in [3.8, 4) is 0 Å². The Morgan fingerprint density at radius 1 is 1.35 bits per heavy atom. The fourth-order valence-corrected chi connectivity index (χ4v) is 4.09.